The highest BCUT2D eigenvalue weighted by molar-refractivity contribution is 5.92. The van der Waals surface area contributed by atoms with Gasteiger partial charge >= 0.3 is 0 Å². The quantitative estimate of drug-likeness (QED) is 0.186. The Morgan fingerprint density at radius 1 is 0.784 bits per heavy atom. The first-order valence-corrected chi connectivity index (χ1v) is 11.3. The lowest BCUT2D eigenvalue weighted by molar-refractivity contribution is -0.384. The van der Waals surface area contributed by atoms with Crippen molar-refractivity contribution in [1.29, 1.82) is 0 Å². The predicted octanol–water partition coefficient (Wildman–Crippen LogP) is 6.76. The molecule has 1 N–H and O–H groups in total. The number of fused-ring (bicyclic) bond motifs is 1. The van der Waals surface area contributed by atoms with Crippen molar-refractivity contribution in [2.24, 2.45) is 0 Å². The van der Waals surface area contributed by atoms with Gasteiger partial charge in [-0.3, -0.25) is 10.1 Å². The van der Waals surface area contributed by atoms with Crippen LogP contribution in [0.1, 0.15) is 0 Å². The Labute approximate surface area is 212 Å². The third-order valence-corrected chi connectivity index (χ3v) is 5.59. The SMILES string of the molecule is COc1ccc(-c2nc(Nc3cc(Oc4ccccc4)cc([N+](=O)[O-])c3)c3ccccc3n2)cc1OC. The molecule has 37 heavy (non-hydrogen) atoms. The zero-order valence-corrected chi connectivity index (χ0v) is 20.0. The highest BCUT2D eigenvalue weighted by Crippen LogP contribution is 2.35. The molecule has 0 saturated carbocycles. The molecule has 5 aromatic rings. The summed E-state index contributed by atoms with van der Waals surface area (Å²) >= 11 is 0. The molecule has 4 aromatic carbocycles. The van der Waals surface area contributed by atoms with Crippen molar-refractivity contribution in [2.45, 2.75) is 0 Å². The molecule has 0 bridgehead atoms. The highest BCUT2D eigenvalue weighted by atomic mass is 16.6. The molecule has 5 rings (SSSR count). The fourth-order valence-corrected chi connectivity index (χ4v) is 3.86. The van der Waals surface area contributed by atoms with Gasteiger partial charge in [0.2, 0.25) is 0 Å². The highest BCUT2D eigenvalue weighted by Gasteiger charge is 2.16. The van der Waals surface area contributed by atoms with E-state index < -0.39 is 4.92 Å². The number of benzene rings is 4. The Hall–Kier alpha value is -5.18. The molecule has 0 fully saturated rings. The molecule has 1 heterocycles. The van der Waals surface area contributed by atoms with Crippen LogP contribution in [0.4, 0.5) is 17.2 Å². The lowest BCUT2D eigenvalue weighted by Gasteiger charge is -2.13. The van der Waals surface area contributed by atoms with Crippen LogP contribution < -0.4 is 19.5 Å². The Bertz CT molecular complexity index is 1590. The number of hydrogen-bond acceptors (Lipinski definition) is 8. The molecule has 1 aromatic heterocycles. The van der Waals surface area contributed by atoms with Crippen molar-refractivity contribution in [2.75, 3.05) is 19.5 Å². The number of nitrogens with zero attached hydrogens (tertiary/aromatic N) is 3. The number of ether oxygens (including phenoxy) is 3. The first kappa shape index (κ1) is 23.6. The first-order chi connectivity index (χ1) is 18.0. The van der Waals surface area contributed by atoms with Gasteiger partial charge in [0, 0.05) is 23.1 Å². The molecule has 9 nitrogen and oxygen atoms in total. The third-order valence-electron chi connectivity index (χ3n) is 5.59. The van der Waals surface area contributed by atoms with Crippen LogP contribution in [0, 0.1) is 10.1 Å². The summed E-state index contributed by atoms with van der Waals surface area (Å²) in [4.78, 5) is 20.7. The molecule has 0 aliphatic carbocycles. The van der Waals surface area contributed by atoms with Gasteiger partial charge in [0.25, 0.3) is 5.69 Å². The van der Waals surface area contributed by atoms with E-state index in [0.717, 1.165) is 10.9 Å². The predicted molar refractivity (Wildman–Crippen MR) is 141 cm³/mol. The minimum absolute atomic E-state index is 0.116. The molecule has 9 heteroatoms. The molecule has 0 aliphatic rings. The summed E-state index contributed by atoms with van der Waals surface area (Å²) in [6.07, 6.45) is 0. The number of rotatable bonds is 8. The summed E-state index contributed by atoms with van der Waals surface area (Å²) in [5, 5.41) is 15.6. The number of nitro benzene ring substituents is 1. The van der Waals surface area contributed by atoms with Crippen LogP contribution in [-0.4, -0.2) is 29.1 Å². The van der Waals surface area contributed by atoms with E-state index in [1.165, 1.54) is 12.1 Å². The molecular formula is C28H22N4O5. The van der Waals surface area contributed by atoms with Crippen LogP contribution in [-0.2, 0) is 0 Å². The van der Waals surface area contributed by atoms with Crippen LogP contribution in [0.5, 0.6) is 23.0 Å². The van der Waals surface area contributed by atoms with E-state index in [4.69, 9.17) is 24.2 Å². The van der Waals surface area contributed by atoms with E-state index >= 15 is 0 Å². The second kappa shape index (κ2) is 10.2. The molecule has 0 spiro atoms. The lowest BCUT2D eigenvalue weighted by Crippen LogP contribution is -2.01. The summed E-state index contributed by atoms with van der Waals surface area (Å²) in [5.41, 5.74) is 1.76. The molecule has 0 radical (unpaired) electrons. The fourth-order valence-electron chi connectivity index (χ4n) is 3.86. The number of non-ortho nitro benzene ring substituents is 1. The summed E-state index contributed by atoms with van der Waals surface area (Å²) in [7, 11) is 3.13. The second-order valence-corrected chi connectivity index (χ2v) is 8.00. The van der Waals surface area contributed by atoms with E-state index in [0.29, 0.717) is 45.8 Å². The Kier molecular flexibility index (Phi) is 6.50. The molecule has 0 atom stereocenters. The minimum Gasteiger partial charge on any atom is -0.493 e. The van der Waals surface area contributed by atoms with Crippen LogP contribution in [0.2, 0.25) is 0 Å². The lowest BCUT2D eigenvalue weighted by atomic mass is 10.1. The topological polar surface area (TPSA) is 109 Å². The molecule has 0 amide bonds. The van der Waals surface area contributed by atoms with Gasteiger partial charge < -0.3 is 19.5 Å². The van der Waals surface area contributed by atoms with Crippen molar-refractivity contribution in [3.8, 4) is 34.4 Å². The summed E-state index contributed by atoms with van der Waals surface area (Å²) in [6, 6.07) is 26.5. The average molecular weight is 495 g/mol. The van der Waals surface area contributed by atoms with Crippen molar-refractivity contribution < 1.29 is 19.1 Å². The zero-order valence-electron chi connectivity index (χ0n) is 20.0. The standard InChI is InChI=1S/C28H22N4O5/c1-35-25-13-12-18(14-26(25)36-2)27-30-24-11-7-6-10-23(24)28(31-27)29-19-15-20(32(33)34)17-22(16-19)37-21-8-4-3-5-9-21/h3-17H,1-2H3,(H,29,30,31). The molecule has 0 unspecified atom stereocenters. The Morgan fingerprint density at radius 3 is 2.30 bits per heavy atom. The van der Waals surface area contributed by atoms with Gasteiger partial charge in [0.1, 0.15) is 17.3 Å². The number of nitrogens with one attached hydrogen (secondary N) is 1. The smallest absolute Gasteiger partial charge is 0.275 e. The van der Waals surface area contributed by atoms with Crippen molar-refractivity contribution in [3.63, 3.8) is 0 Å². The molecular weight excluding hydrogens is 472 g/mol. The van der Waals surface area contributed by atoms with E-state index in [1.54, 1.807) is 44.6 Å². The number of para-hydroxylation sites is 2. The number of anilines is 2. The molecule has 0 saturated heterocycles. The molecule has 184 valence electrons. The van der Waals surface area contributed by atoms with Crippen molar-refractivity contribution >= 4 is 28.1 Å². The number of hydrogen-bond donors (Lipinski definition) is 1. The van der Waals surface area contributed by atoms with Gasteiger partial charge in [-0.1, -0.05) is 30.3 Å². The monoisotopic (exact) mass is 494 g/mol. The van der Waals surface area contributed by atoms with E-state index in [9.17, 15) is 10.1 Å². The Balaban J connectivity index is 1.58. The van der Waals surface area contributed by atoms with Crippen LogP contribution >= 0.6 is 0 Å². The van der Waals surface area contributed by atoms with Gasteiger partial charge in [-0.05, 0) is 42.5 Å². The van der Waals surface area contributed by atoms with Gasteiger partial charge in [-0.15, -0.1) is 0 Å². The normalized spacial score (nSPS) is 10.6. The van der Waals surface area contributed by atoms with Crippen LogP contribution in [0.25, 0.3) is 22.3 Å². The van der Waals surface area contributed by atoms with Crippen molar-refractivity contribution in [1.82, 2.24) is 9.97 Å². The number of methoxy groups -OCH3 is 2. The van der Waals surface area contributed by atoms with Crippen LogP contribution in [0.3, 0.4) is 0 Å². The fraction of sp³-hybridized carbons (Fsp3) is 0.0714. The zero-order chi connectivity index (χ0) is 25.8. The van der Waals surface area contributed by atoms with E-state index in [1.807, 2.05) is 48.5 Å². The maximum Gasteiger partial charge on any atom is 0.275 e. The third kappa shape index (κ3) is 5.10. The van der Waals surface area contributed by atoms with Gasteiger partial charge in [-0.2, -0.15) is 0 Å². The maximum atomic E-state index is 11.6. The van der Waals surface area contributed by atoms with Gasteiger partial charge in [0.05, 0.1) is 36.4 Å². The summed E-state index contributed by atoms with van der Waals surface area (Å²) < 4.78 is 16.6. The number of nitro groups is 1. The van der Waals surface area contributed by atoms with E-state index in [2.05, 4.69) is 5.32 Å². The van der Waals surface area contributed by atoms with Crippen LogP contribution in [0.15, 0.2) is 91.0 Å². The first-order valence-electron chi connectivity index (χ1n) is 11.3. The second-order valence-electron chi connectivity index (χ2n) is 8.00. The molecule has 0 aliphatic heterocycles. The van der Waals surface area contributed by atoms with E-state index in [-0.39, 0.29) is 5.69 Å². The maximum absolute atomic E-state index is 11.6. The summed E-state index contributed by atoms with van der Waals surface area (Å²) in [6.45, 7) is 0. The average Bonchev–Trinajstić information content (AvgIpc) is 2.93. The number of aromatic nitrogens is 2. The largest absolute Gasteiger partial charge is 0.493 e. The summed E-state index contributed by atoms with van der Waals surface area (Å²) in [5.74, 6) is 2.97. The van der Waals surface area contributed by atoms with Gasteiger partial charge in [-0.25, -0.2) is 9.97 Å². The minimum atomic E-state index is -0.462. The Morgan fingerprint density at radius 2 is 1.54 bits per heavy atom. The van der Waals surface area contributed by atoms with Gasteiger partial charge in [0.15, 0.2) is 17.3 Å². The van der Waals surface area contributed by atoms with Crippen molar-refractivity contribution in [3.05, 3.63) is 101 Å².